The molecular formula is C10H8O2S2. The van der Waals surface area contributed by atoms with Crippen molar-refractivity contribution in [3.05, 3.63) is 28.6 Å². The lowest BCUT2D eigenvalue weighted by Crippen LogP contribution is -1.97. The molecule has 0 radical (unpaired) electrons. The number of aromatic carboxylic acids is 1. The molecule has 0 fully saturated rings. The normalized spacial score (nSPS) is 10.7. The molecule has 2 rings (SSSR count). The summed E-state index contributed by atoms with van der Waals surface area (Å²) in [7, 11) is 0. The molecule has 1 aromatic carbocycles. The second-order valence-electron chi connectivity index (χ2n) is 3.04. The van der Waals surface area contributed by atoms with E-state index in [1.165, 1.54) is 0 Å². The molecule has 72 valence electrons. The molecule has 14 heavy (non-hydrogen) atoms. The van der Waals surface area contributed by atoms with Gasteiger partial charge in [0.2, 0.25) is 0 Å². The predicted octanol–water partition coefficient (Wildman–Crippen LogP) is 3.20. The van der Waals surface area contributed by atoms with Crippen LogP contribution < -0.4 is 0 Å². The first kappa shape index (κ1) is 9.55. The van der Waals surface area contributed by atoms with Crippen LogP contribution >= 0.6 is 24.0 Å². The van der Waals surface area contributed by atoms with Crippen molar-refractivity contribution in [2.24, 2.45) is 0 Å². The number of hydrogen-bond donors (Lipinski definition) is 2. The van der Waals surface area contributed by atoms with E-state index in [0.29, 0.717) is 4.90 Å². The lowest BCUT2D eigenvalue weighted by Gasteiger charge is -2.00. The molecule has 1 N–H and O–H groups in total. The van der Waals surface area contributed by atoms with Crippen LogP contribution in [0, 0.1) is 6.92 Å². The molecule has 0 spiro atoms. The Balaban J connectivity index is 2.80. The lowest BCUT2D eigenvalue weighted by molar-refractivity contribution is 0.0693. The van der Waals surface area contributed by atoms with Gasteiger partial charge in [0.05, 0.1) is 5.56 Å². The minimum Gasteiger partial charge on any atom is -0.478 e. The molecule has 0 saturated carbocycles. The third-order valence-corrected chi connectivity index (χ3v) is 3.52. The number of carbonyl (C=O) groups is 1. The summed E-state index contributed by atoms with van der Waals surface area (Å²) in [6, 6.07) is 5.40. The molecule has 2 nitrogen and oxygen atoms in total. The Morgan fingerprint density at radius 1 is 1.50 bits per heavy atom. The molecule has 0 aliphatic heterocycles. The maximum absolute atomic E-state index is 10.8. The Bertz CT molecular complexity index is 514. The Morgan fingerprint density at radius 2 is 2.21 bits per heavy atom. The van der Waals surface area contributed by atoms with Crippen molar-refractivity contribution < 1.29 is 9.90 Å². The number of carboxylic acid groups (broad SMARTS) is 1. The van der Waals surface area contributed by atoms with Crippen molar-refractivity contribution in [1.82, 2.24) is 0 Å². The van der Waals surface area contributed by atoms with Crippen molar-refractivity contribution in [3.63, 3.8) is 0 Å². The maximum atomic E-state index is 10.8. The van der Waals surface area contributed by atoms with Gasteiger partial charge < -0.3 is 5.11 Å². The Hall–Kier alpha value is -1.00. The van der Waals surface area contributed by atoms with Gasteiger partial charge in [-0.15, -0.1) is 24.0 Å². The molecule has 0 unspecified atom stereocenters. The summed E-state index contributed by atoms with van der Waals surface area (Å²) in [6.45, 7) is 2.00. The number of fused-ring (bicyclic) bond motifs is 1. The van der Waals surface area contributed by atoms with Crippen molar-refractivity contribution in [2.45, 2.75) is 11.8 Å². The second-order valence-corrected chi connectivity index (χ2v) is 4.77. The third-order valence-electron chi connectivity index (χ3n) is 2.03. The standard InChI is InChI=1S/C10H8O2S2/c1-5-4-7-8(14-5)3-2-6(9(7)13)10(11)12/h2-4,13H,1H3,(H,11,12). The van der Waals surface area contributed by atoms with E-state index in [4.69, 9.17) is 5.11 Å². The van der Waals surface area contributed by atoms with Crippen molar-refractivity contribution >= 4 is 40.0 Å². The Morgan fingerprint density at radius 3 is 2.86 bits per heavy atom. The molecule has 0 aliphatic carbocycles. The molecule has 0 saturated heterocycles. The summed E-state index contributed by atoms with van der Waals surface area (Å²) in [5, 5.41) is 9.81. The molecule has 1 heterocycles. The summed E-state index contributed by atoms with van der Waals surface area (Å²) in [4.78, 5) is 12.5. The molecule has 0 atom stereocenters. The molecule has 0 aliphatic rings. The van der Waals surface area contributed by atoms with Gasteiger partial charge >= 0.3 is 5.97 Å². The van der Waals surface area contributed by atoms with Gasteiger partial charge in [-0.1, -0.05) is 0 Å². The minimum atomic E-state index is -0.930. The average molecular weight is 224 g/mol. The van der Waals surface area contributed by atoms with Crippen LogP contribution in [0.3, 0.4) is 0 Å². The van der Waals surface area contributed by atoms with Gasteiger partial charge in [0.15, 0.2) is 0 Å². The third kappa shape index (κ3) is 1.40. The highest BCUT2D eigenvalue weighted by atomic mass is 32.1. The van der Waals surface area contributed by atoms with Crippen molar-refractivity contribution in [3.8, 4) is 0 Å². The first-order valence-corrected chi connectivity index (χ1v) is 5.31. The second kappa shape index (κ2) is 3.29. The van der Waals surface area contributed by atoms with Crippen LogP contribution in [0.1, 0.15) is 15.2 Å². The van der Waals surface area contributed by atoms with E-state index < -0.39 is 5.97 Å². The fourth-order valence-corrected chi connectivity index (χ4v) is 2.76. The van der Waals surface area contributed by atoms with Crippen LogP contribution in [0.25, 0.3) is 10.1 Å². The molecule has 4 heteroatoms. The Labute approximate surface area is 90.6 Å². The summed E-state index contributed by atoms with van der Waals surface area (Å²) < 4.78 is 1.08. The Kier molecular flexibility index (Phi) is 2.25. The van der Waals surface area contributed by atoms with Crippen molar-refractivity contribution in [1.29, 1.82) is 0 Å². The fourth-order valence-electron chi connectivity index (χ4n) is 1.40. The number of thiophene rings is 1. The van der Waals surface area contributed by atoms with E-state index in [-0.39, 0.29) is 5.56 Å². The predicted molar refractivity (Wildman–Crippen MR) is 60.8 cm³/mol. The maximum Gasteiger partial charge on any atom is 0.336 e. The lowest BCUT2D eigenvalue weighted by atomic mass is 10.1. The molecule has 0 bridgehead atoms. The van der Waals surface area contributed by atoms with E-state index in [9.17, 15) is 4.79 Å². The summed E-state index contributed by atoms with van der Waals surface area (Å²) in [6.07, 6.45) is 0. The van der Waals surface area contributed by atoms with Gasteiger partial charge in [0.1, 0.15) is 0 Å². The first-order chi connectivity index (χ1) is 6.59. The number of thiol groups is 1. The number of benzene rings is 1. The topological polar surface area (TPSA) is 37.3 Å². The van der Waals surface area contributed by atoms with Gasteiger partial charge in [-0.3, -0.25) is 0 Å². The van der Waals surface area contributed by atoms with Crippen LogP contribution in [-0.2, 0) is 0 Å². The minimum absolute atomic E-state index is 0.263. The van der Waals surface area contributed by atoms with Crippen LogP contribution in [-0.4, -0.2) is 11.1 Å². The zero-order valence-corrected chi connectivity index (χ0v) is 9.15. The van der Waals surface area contributed by atoms with E-state index in [2.05, 4.69) is 12.6 Å². The van der Waals surface area contributed by atoms with E-state index >= 15 is 0 Å². The van der Waals surface area contributed by atoms with Crippen LogP contribution in [0.2, 0.25) is 0 Å². The quantitative estimate of drug-likeness (QED) is 0.730. The molecule has 1 aromatic heterocycles. The summed E-state index contributed by atoms with van der Waals surface area (Å²) >= 11 is 5.89. The highest BCUT2D eigenvalue weighted by Gasteiger charge is 2.11. The van der Waals surface area contributed by atoms with E-state index in [1.54, 1.807) is 17.4 Å². The highest BCUT2D eigenvalue weighted by Crippen LogP contribution is 2.32. The summed E-state index contributed by atoms with van der Waals surface area (Å²) in [5.41, 5.74) is 0.263. The van der Waals surface area contributed by atoms with Gasteiger partial charge in [-0.05, 0) is 25.1 Å². The van der Waals surface area contributed by atoms with Gasteiger partial charge in [-0.2, -0.15) is 0 Å². The van der Waals surface area contributed by atoms with Gasteiger partial charge in [-0.25, -0.2) is 4.79 Å². The monoisotopic (exact) mass is 224 g/mol. The number of aryl methyl sites for hydroxylation is 1. The zero-order chi connectivity index (χ0) is 10.3. The molecule has 2 aromatic rings. The highest BCUT2D eigenvalue weighted by molar-refractivity contribution is 7.80. The largest absolute Gasteiger partial charge is 0.478 e. The number of carboxylic acids is 1. The van der Waals surface area contributed by atoms with Crippen LogP contribution in [0.5, 0.6) is 0 Å². The first-order valence-electron chi connectivity index (χ1n) is 4.05. The SMILES string of the molecule is Cc1cc2c(S)c(C(=O)O)ccc2s1. The fraction of sp³-hybridized carbons (Fsp3) is 0.100. The molecular weight excluding hydrogens is 216 g/mol. The number of hydrogen-bond acceptors (Lipinski definition) is 3. The zero-order valence-electron chi connectivity index (χ0n) is 7.44. The smallest absolute Gasteiger partial charge is 0.336 e. The van der Waals surface area contributed by atoms with Crippen molar-refractivity contribution in [2.75, 3.05) is 0 Å². The van der Waals surface area contributed by atoms with E-state index in [0.717, 1.165) is 15.0 Å². The number of rotatable bonds is 1. The molecule has 0 amide bonds. The van der Waals surface area contributed by atoms with Gasteiger partial charge in [0, 0.05) is 19.9 Å². The summed E-state index contributed by atoms with van der Waals surface area (Å²) in [5.74, 6) is -0.930. The van der Waals surface area contributed by atoms with Crippen LogP contribution in [0.4, 0.5) is 0 Å². The van der Waals surface area contributed by atoms with E-state index in [1.807, 2.05) is 19.1 Å². The van der Waals surface area contributed by atoms with Gasteiger partial charge in [0.25, 0.3) is 0 Å². The average Bonchev–Trinajstić information content (AvgIpc) is 2.46. The van der Waals surface area contributed by atoms with Crippen LogP contribution in [0.15, 0.2) is 23.1 Å².